The summed E-state index contributed by atoms with van der Waals surface area (Å²) in [6, 6.07) is 1.59. The molecule has 1 fully saturated rings. The molecule has 1 heterocycles. The van der Waals surface area contributed by atoms with Gasteiger partial charge in [0.15, 0.2) is 0 Å². The summed E-state index contributed by atoms with van der Waals surface area (Å²) in [5, 5.41) is 12.1. The number of carbonyl (C=O) groups excluding carboxylic acids is 1. The molecule has 19 heavy (non-hydrogen) atoms. The molecule has 1 aliphatic carbocycles. The van der Waals surface area contributed by atoms with E-state index in [4.69, 9.17) is 4.42 Å². The van der Waals surface area contributed by atoms with E-state index in [2.05, 4.69) is 5.32 Å². The van der Waals surface area contributed by atoms with Gasteiger partial charge in [0.25, 0.3) is 5.91 Å². The largest absolute Gasteiger partial charge is 0.480 e. The molecule has 0 radical (unpaired) electrons. The predicted octanol–water partition coefficient (Wildman–Crippen LogP) is 2.36. The second-order valence-electron chi connectivity index (χ2n) is 5.01. The number of amides is 1. The highest BCUT2D eigenvalue weighted by Gasteiger charge is 2.41. The van der Waals surface area contributed by atoms with Crippen molar-refractivity contribution in [2.75, 3.05) is 0 Å². The van der Waals surface area contributed by atoms with Crippen LogP contribution in [0.15, 0.2) is 16.7 Å². The van der Waals surface area contributed by atoms with Gasteiger partial charge in [-0.15, -0.1) is 0 Å². The Morgan fingerprint density at radius 2 is 2.05 bits per heavy atom. The van der Waals surface area contributed by atoms with Gasteiger partial charge in [-0.25, -0.2) is 4.79 Å². The number of aliphatic carboxylic acids is 1. The molecular weight excluding hydrogens is 246 g/mol. The molecule has 2 rings (SSSR count). The highest BCUT2D eigenvalue weighted by molar-refractivity contribution is 5.98. The summed E-state index contributed by atoms with van der Waals surface area (Å²) < 4.78 is 5.21. The number of furan rings is 1. The molecule has 2 N–H and O–H groups in total. The second-order valence-corrected chi connectivity index (χ2v) is 5.01. The van der Waals surface area contributed by atoms with Gasteiger partial charge in [-0.2, -0.15) is 0 Å². The van der Waals surface area contributed by atoms with Crippen LogP contribution in [0.1, 0.15) is 55.1 Å². The minimum absolute atomic E-state index is 0.352. The molecule has 0 saturated heterocycles. The minimum Gasteiger partial charge on any atom is -0.480 e. The smallest absolute Gasteiger partial charge is 0.329 e. The molecule has 104 valence electrons. The minimum atomic E-state index is -1.11. The van der Waals surface area contributed by atoms with Crippen molar-refractivity contribution in [2.45, 2.75) is 51.0 Å². The summed E-state index contributed by atoms with van der Waals surface area (Å²) in [6.45, 7) is 1.89. The Kier molecular flexibility index (Phi) is 3.93. The van der Waals surface area contributed by atoms with Crippen LogP contribution < -0.4 is 5.32 Å². The molecular formula is C14H19NO4. The van der Waals surface area contributed by atoms with E-state index in [1.54, 1.807) is 6.07 Å². The molecule has 0 aromatic carbocycles. The van der Waals surface area contributed by atoms with Crippen LogP contribution >= 0.6 is 0 Å². The van der Waals surface area contributed by atoms with Crippen LogP contribution in [0, 0.1) is 0 Å². The fourth-order valence-electron chi connectivity index (χ4n) is 2.65. The van der Waals surface area contributed by atoms with Crippen LogP contribution in [-0.2, 0) is 11.2 Å². The second kappa shape index (κ2) is 5.47. The Labute approximate surface area is 112 Å². The van der Waals surface area contributed by atoms with E-state index in [0.29, 0.717) is 30.6 Å². The molecule has 5 nitrogen and oxygen atoms in total. The van der Waals surface area contributed by atoms with Crippen LogP contribution in [0.4, 0.5) is 0 Å². The van der Waals surface area contributed by atoms with Crippen LogP contribution in [-0.4, -0.2) is 22.5 Å². The number of carbonyl (C=O) groups is 2. The zero-order valence-corrected chi connectivity index (χ0v) is 11.1. The molecule has 1 saturated carbocycles. The maximum atomic E-state index is 12.2. The topological polar surface area (TPSA) is 79.5 Å². The Bertz CT molecular complexity index is 472. The monoisotopic (exact) mass is 265 g/mol. The molecule has 1 amide bonds. The average molecular weight is 265 g/mol. The van der Waals surface area contributed by atoms with E-state index in [-0.39, 0.29) is 5.91 Å². The predicted molar refractivity (Wildman–Crippen MR) is 69.0 cm³/mol. The molecule has 1 aromatic heterocycles. The molecule has 0 aliphatic heterocycles. The van der Waals surface area contributed by atoms with Crippen molar-refractivity contribution in [3.63, 3.8) is 0 Å². The molecule has 1 aliphatic rings. The number of rotatable bonds is 4. The van der Waals surface area contributed by atoms with Gasteiger partial charge in [0.1, 0.15) is 11.3 Å². The zero-order valence-electron chi connectivity index (χ0n) is 11.1. The number of hydrogen-bond acceptors (Lipinski definition) is 3. The van der Waals surface area contributed by atoms with E-state index < -0.39 is 11.5 Å². The van der Waals surface area contributed by atoms with E-state index in [1.807, 2.05) is 6.92 Å². The third kappa shape index (κ3) is 2.64. The van der Waals surface area contributed by atoms with Crippen molar-refractivity contribution in [1.29, 1.82) is 0 Å². The van der Waals surface area contributed by atoms with E-state index in [1.165, 1.54) is 6.26 Å². The van der Waals surface area contributed by atoms with Gasteiger partial charge in [-0.05, 0) is 18.9 Å². The lowest BCUT2D eigenvalue weighted by Crippen LogP contribution is -2.55. The lowest BCUT2D eigenvalue weighted by molar-refractivity contribution is -0.145. The number of aryl methyl sites for hydroxylation is 1. The highest BCUT2D eigenvalue weighted by atomic mass is 16.4. The first-order valence-electron chi connectivity index (χ1n) is 6.71. The zero-order chi connectivity index (χ0) is 13.9. The van der Waals surface area contributed by atoms with Gasteiger partial charge >= 0.3 is 5.97 Å². The summed E-state index contributed by atoms with van der Waals surface area (Å²) in [5.41, 5.74) is -0.675. The molecule has 0 unspecified atom stereocenters. The Morgan fingerprint density at radius 3 is 2.63 bits per heavy atom. The van der Waals surface area contributed by atoms with Crippen molar-refractivity contribution in [3.8, 4) is 0 Å². The molecule has 0 bridgehead atoms. The molecule has 0 spiro atoms. The SMILES string of the molecule is CCc1occc1C(=O)NC1(C(=O)O)CCCCC1. The lowest BCUT2D eigenvalue weighted by atomic mass is 9.81. The van der Waals surface area contributed by atoms with Crippen LogP contribution in [0.2, 0.25) is 0 Å². The Morgan fingerprint density at radius 1 is 1.37 bits per heavy atom. The fraction of sp³-hybridized carbons (Fsp3) is 0.571. The first-order chi connectivity index (χ1) is 9.09. The Balaban J connectivity index is 2.18. The summed E-state index contributed by atoms with van der Waals surface area (Å²) in [5.74, 6) is -0.703. The average Bonchev–Trinajstić information content (AvgIpc) is 2.88. The molecule has 5 heteroatoms. The molecule has 1 aromatic rings. The number of nitrogens with one attached hydrogen (secondary N) is 1. The third-order valence-electron chi connectivity index (χ3n) is 3.78. The van der Waals surface area contributed by atoms with Gasteiger partial charge in [-0.1, -0.05) is 26.2 Å². The first-order valence-corrected chi connectivity index (χ1v) is 6.71. The van der Waals surface area contributed by atoms with Gasteiger partial charge in [0.05, 0.1) is 11.8 Å². The summed E-state index contributed by atoms with van der Waals surface area (Å²) in [7, 11) is 0. The van der Waals surface area contributed by atoms with Crippen LogP contribution in [0.3, 0.4) is 0 Å². The summed E-state index contributed by atoms with van der Waals surface area (Å²) in [4.78, 5) is 23.7. The first kappa shape index (κ1) is 13.6. The van der Waals surface area contributed by atoms with Gasteiger partial charge in [-0.3, -0.25) is 4.79 Å². The summed E-state index contributed by atoms with van der Waals surface area (Å²) in [6.07, 6.45) is 5.74. The Hall–Kier alpha value is -1.78. The van der Waals surface area contributed by atoms with E-state index >= 15 is 0 Å². The van der Waals surface area contributed by atoms with Crippen molar-refractivity contribution in [2.24, 2.45) is 0 Å². The van der Waals surface area contributed by atoms with Crippen molar-refractivity contribution >= 4 is 11.9 Å². The maximum Gasteiger partial charge on any atom is 0.329 e. The highest BCUT2D eigenvalue weighted by Crippen LogP contribution is 2.29. The lowest BCUT2D eigenvalue weighted by Gasteiger charge is -2.33. The van der Waals surface area contributed by atoms with Crippen molar-refractivity contribution < 1.29 is 19.1 Å². The van der Waals surface area contributed by atoms with E-state index in [0.717, 1.165) is 19.3 Å². The third-order valence-corrected chi connectivity index (χ3v) is 3.78. The van der Waals surface area contributed by atoms with Gasteiger partial charge < -0.3 is 14.8 Å². The number of hydrogen-bond donors (Lipinski definition) is 2. The number of carboxylic acid groups (broad SMARTS) is 1. The van der Waals surface area contributed by atoms with Crippen LogP contribution in [0.25, 0.3) is 0 Å². The quantitative estimate of drug-likeness (QED) is 0.875. The normalized spacial score (nSPS) is 17.9. The van der Waals surface area contributed by atoms with E-state index in [9.17, 15) is 14.7 Å². The molecule has 0 atom stereocenters. The standard InChI is InChI=1S/C14H19NO4/c1-2-11-10(6-9-19-11)12(16)15-14(13(17)18)7-4-3-5-8-14/h6,9H,2-5,7-8H2,1H3,(H,15,16)(H,17,18). The van der Waals surface area contributed by atoms with Crippen molar-refractivity contribution in [3.05, 3.63) is 23.7 Å². The van der Waals surface area contributed by atoms with Crippen LogP contribution in [0.5, 0.6) is 0 Å². The number of carboxylic acids is 1. The van der Waals surface area contributed by atoms with Crippen molar-refractivity contribution in [1.82, 2.24) is 5.32 Å². The van der Waals surface area contributed by atoms with Gasteiger partial charge in [0, 0.05) is 6.42 Å². The van der Waals surface area contributed by atoms with Gasteiger partial charge in [0.2, 0.25) is 0 Å². The summed E-state index contributed by atoms with van der Waals surface area (Å²) >= 11 is 0. The maximum absolute atomic E-state index is 12.2. The fourth-order valence-corrected chi connectivity index (χ4v) is 2.65.